The molecule has 0 saturated carbocycles. The molecule has 36 heavy (non-hydrogen) atoms. The summed E-state index contributed by atoms with van der Waals surface area (Å²) in [4.78, 5) is 52.0. The fourth-order valence-electron chi connectivity index (χ4n) is 4.69. The number of nitrogens with zero attached hydrogens (tertiary/aromatic N) is 1. The summed E-state index contributed by atoms with van der Waals surface area (Å²) < 4.78 is 0. The van der Waals surface area contributed by atoms with Gasteiger partial charge in [-0.15, -0.1) is 0 Å². The molecule has 4 amide bonds. The lowest BCUT2D eigenvalue weighted by molar-refractivity contribution is -0.122. The Kier molecular flexibility index (Phi) is 6.21. The van der Waals surface area contributed by atoms with E-state index in [4.69, 9.17) is 0 Å². The Morgan fingerprint density at radius 2 is 1.25 bits per heavy atom. The van der Waals surface area contributed by atoms with Crippen LogP contribution in [-0.2, 0) is 9.59 Å². The highest BCUT2D eigenvalue weighted by molar-refractivity contribution is 6.22. The summed E-state index contributed by atoms with van der Waals surface area (Å²) in [6.07, 6.45) is 3.24. The highest BCUT2D eigenvalue weighted by Crippen LogP contribution is 2.39. The molecule has 7 nitrogen and oxygen atoms in total. The van der Waals surface area contributed by atoms with Crippen molar-refractivity contribution in [1.29, 1.82) is 0 Å². The van der Waals surface area contributed by atoms with E-state index < -0.39 is 0 Å². The van der Waals surface area contributed by atoms with Crippen LogP contribution in [0.1, 0.15) is 40.5 Å². The Bertz CT molecular complexity index is 1360. The molecule has 2 aliphatic rings. The third-order valence-corrected chi connectivity index (χ3v) is 6.65. The second kappa shape index (κ2) is 9.62. The van der Waals surface area contributed by atoms with Crippen LogP contribution in [0.5, 0.6) is 0 Å². The summed E-state index contributed by atoms with van der Waals surface area (Å²) in [6, 6.07) is 22.2. The van der Waals surface area contributed by atoms with Crippen LogP contribution in [0.25, 0.3) is 0 Å². The Labute approximate surface area is 208 Å². The van der Waals surface area contributed by atoms with Gasteiger partial charge in [0.2, 0.25) is 11.8 Å². The van der Waals surface area contributed by atoms with Gasteiger partial charge in [-0.3, -0.25) is 24.1 Å². The van der Waals surface area contributed by atoms with Gasteiger partial charge in [-0.05, 0) is 80.4 Å². The third kappa shape index (κ3) is 4.55. The molecule has 5 rings (SSSR count). The maximum atomic E-state index is 12.9. The van der Waals surface area contributed by atoms with Crippen molar-refractivity contribution in [2.75, 3.05) is 15.5 Å². The van der Waals surface area contributed by atoms with Gasteiger partial charge in [0.1, 0.15) is 0 Å². The summed E-state index contributed by atoms with van der Waals surface area (Å²) in [5, 5.41) is 5.63. The number of hydrogen-bond donors (Lipinski definition) is 2. The molecule has 0 spiro atoms. The van der Waals surface area contributed by atoms with Gasteiger partial charge in [-0.1, -0.05) is 29.8 Å². The lowest BCUT2D eigenvalue weighted by atomic mass is 9.82. The number of carbonyl (C=O) groups excluding carboxylic acids is 4. The Morgan fingerprint density at radius 3 is 1.83 bits per heavy atom. The highest BCUT2D eigenvalue weighted by atomic mass is 16.2. The summed E-state index contributed by atoms with van der Waals surface area (Å²) in [5.41, 5.74) is 3.75. The zero-order chi connectivity index (χ0) is 25.2. The van der Waals surface area contributed by atoms with Gasteiger partial charge in [-0.2, -0.15) is 0 Å². The lowest BCUT2D eigenvalue weighted by Crippen LogP contribution is -2.30. The standard InChI is InChI=1S/C29H25N3O4/c1-18-7-16-24-25(17-18)29(36)32(28(24)35)23-14-8-20(9-15-23)27(34)31-22-12-10-21(11-13-22)30-26(33)19-5-3-2-4-6-19/h2-15,24-25H,16-17H2,1H3,(H,30,33)(H,31,34)/t24-,25+/m0/s1. The topological polar surface area (TPSA) is 95.6 Å². The van der Waals surface area contributed by atoms with Crippen LogP contribution in [0, 0.1) is 11.8 Å². The summed E-state index contributed by atoms with van der Waals surface area (Å²) in [7, 11) is 0. The van der Waals surface area contributed by atoms with Crippen molar-refractivity contribution >= 4 is 40.7 Å². The predicted molar refractivity (Wildman–Crippen MR) is 138 cm³/mol. The Hall–Kier alpha value is -4.52. The molecule has 1 saturated heterocycles. The molecule has 0 radical (unpaired) electrons. The number of fused-ring (bicyclic) bond motifs is 1. The Morgan fingerprint density at radius 1 is 0.722 bits per heavy atom. The van der Waals surface area contributed by atoms with Gasteiger partial charge in [0, 0.05) is 22.5 Å². The molecule has 7 heteroatoms. The van der Waals surface area contributed by atoms with Gasteiger partial charge in [0.15, 0.2) is 0 Å². The zero-order valence-electron chi connectivity index (χ0n) is 19.7. The van der Waals surface area contributed by atoms with Crippen molar-refractivity contribution in [3.63, 3.8) is 0 Å². The molecular formula is C29H25N3O4. The zero-order valence-corrected chi connectivity index (χ0v) is 19.7. The minimum Gasteiger partial charge on any atom is -0.322 e. The fourth-order valence-corrected chi connectivity index (χ4v) is 4.69. The maximum Gasteiger partial charge on any atom is 0.255 e. The van der Waals surface area contributed by atoms with Crippen molar-refractivity contribution in [2.24, 2.45) is 11.8 Å². The molecule has 1 aliphatic carbocycles. The third-order valence-electron chi connectivity index (χ3n) is 6.65. The predicted octanol–water partition coefficient (Wildman–Crippen LogP) is 5.04. The smallest absolute Gasteiger partial charge is 0.255 e. The number of carbonyl (C=O) groups is 4. The van der Waals surface area contributed by atoms with E-state index in [9.17, 15) is 19.2 Å². The molecular weight excluding hydrogens is 454 g/mol. The number of anilines is 3. The molecule has 3 aromatic rings. The molecule has 1 fully saturated rings. The van der Waals surface area contributed by atoms with E-state index in [2.05, 4.69) is 10.6 Å². The highest BCUT2D eigenvalue weighted by Gasteiger charge is 2.48. The summed E-state index contributed by atoms with van der Waals surface area (Å²) in [5.74, 6) is -1.49. The first-order valence-electron chi connectivity index (χ1n) is 11.8. The van der Waals surface area contributed by atoms with Crippen molar-refractivity contribution in [1.82, 2.24) is 0 Å². The van der Waals surface area contributed by atoms with Crippen molar-refractivity contribution in [2.45, 2.75) is 19.8 Å². The number of benzene rings is 3. The van der Waals surface area contributed by atoms with Gasteiger partial charge in [-0.25, -0.2) is 0 Å². The maximum absolute atomic E-state index is 12.9. The summed E-state index contributed by atoms with van der Waals surface area (Å²) >= 11 is 0. The van der Waals surface area contributed by atoms with Crippen LogP contribution in [0.4, 0.5) is 17.1 Å². The first-order valence-corrected chi connectivity index (χ1v) is 11.8. The van der Waals surface area contributed by atoms with Crippen molar-refractivity contribution in [3.05, 3.63) is 102 Å². The van der Waals surface area contributed by atoms with Crippen LogP contribution >= 0.6 is 0 Å². The second-order valence-electron chi connectivity index (χ2n) is 9.11. The van der Waals surface area contributed by atoms with E-state index in [1.807, 2.05) is 19.1 Å². The van der Waals surface area contributed by atoms with Crippen molar-refractivity contribution < 1.29 is 19.2 Å². The summed E-state index contributed by atoms with van der Waals surface area (Å²) in [6.45, 7) is 1.98. The van der Waals surface area contributed by atoms with Crippen LogP contribution in [0.2, 0.25) is 0 Å². The molecule has 3 aromatic carbocycles. The first-order chi connectivity index (χ1) is 17.4. The largest absolute Gasteiger partial charge is 0.322 e. The molecule has 1 aliphatic heterocycles. The van der Waals surface area contributed by atoms with E-state index in [1.54, 1.807) is 72.8 Å². The minimum atomic E-state index is -0.324. The monoisotopic (exact) mass is 479 g/mol. The molecule has 0 bridgehead atoms. The average Bonchev–Trinajstić information content (AvgIpc) is 3.14. The first kappa shape index (κ1) is 23.2. The van der Waals surface area contributed by atoms with Crippen molar-refractivity contribution in [3.8, 4) is 0 Å². The molecule has 180 valence electrons. The average molecular weight is 480 g/mol. The molecule has 0 aromatic heterocycles. The second-order valence-corrected chi connectivity index (χ2v) is 9.11. The number of rotatable bonds is 5. The van der Waals surface area contributed by atoms with Gasteiger partial charge in [0.05, 0.1) is 17.5 Å². The normalized spacial score (nSPS) is 18.9. The van der Waals surface area contributed by atoms with Gasteiger partial charge >= 0.3 is 0 Å². The number of imide groups is 1. The number of hydrogen-bond acceptors (Lipinski definition) is 4. The Balaban J connectivity index is 1.22. The SMILES string of the molecule is CC1=CC[C@@H]2C(=O)N(c3ccc(C(=O)Nc4ccc(NC(=O)c5ccccc5)cc4)cc3)C(=O)[C@@H]2C1. The number of nitrogens with one attached hydrogen (secondary N) is 2. The molecule has 0 unspecified atom stereocenters. The van der Waals surface area contributed by atoms with E-state index >= 15 is 0 Å². The number of amides is 4. The van der Waals surface area contributed by atoms with E-state index in [0.29, 0.717) is 41.0 Å². The van der Waals surface area contributed by atoms with E-state index in [0.717, 1.165) is 5.57 Å². The van der Waals surface area contributed by atoms with Gasteiger partial charge < -0.3 is 10.6 Å². The fraction of sp³-hybridized carbons (Fsp3) is 0.172. The van der Waals surface area contributed by atoms with Crippen LogP contribution in [0.3, 0.4) is 0 Å². The van der Waals surface area contributed by atoms with Crippen LogP contribution in [0.15, 0.2) is 90.5 Å². The molecule has 2 N–H and O–H groups in total. The lowest BCUT2D eigenvalue weighted by Gasteiger charge is -2.18. The van der Waals surface area contributed by atoms with E-state index in [-0.39, 0.29) is 35.5 Å². The molecule has 1 heterocycles. The van der Waals surface area contributed by atoms with Crippen LogP contribution < -0.4 is 15.5 Å². The quantitative estimate of drug-likeness (QED) is 0.396. The molecule has 2 atom stereocenters. The van der Waals surface area contributed by atoms with Crippen LogP contribution in [-0.4, -0.2) is 23.6 Å². The number of allylic oxidation sites excluding steroid dienone is 2. The minimum absolute atomic E-state index is 0.172. The van der Waals surface area contributed by atoms with Gasteiger partial charge in [0.25, 0.3) is 11.8 Å². The van der Waals surface area contributed by atoms with E-state index in [1.165, 1.54) is 4.90 Å².